The SMILES string of the molecule is O=C(NCc1ccccc1Cl)N[C@H]1CC(=O)N(c2ccc3c(c2)OCCO3)C1. The normalized spacial score (nSPS) is 18.1. The first-order valence-corrected chi connectivity index (χ1v) is 9.46. The van der Waals surface area contributed by atoms with Crippen LogP contribution in [-0.2, 0) is 11.3 Å². The zero-order valence-corrected chi connectivity index (χ0v) is 15.9. The van der Waals surface area contributed by atoms with Gasteiger partial charge in [-0.15, -0.1) is 0 Å². The number of amides is 3. The second-order valence-electron chi connectivity index (χ2n) is 6.65. The predicted octanol–water partition coefficient (Wildman–Crippen LogP) is 2.72. The van der Waals surface area contributed by atoms with Crippen LogP contribution in [0.2, 0.25) is 5.02 Å². The molecule has 8 heteroatoms. The van der Waals surface area contributed by atoms with Crippen LogP contribution in [0.5, 0.6) is 11.5 Å². The van der Waals surface area contributed by atoms with Crippen LogP contribution in [0.25, 0.3) is 0 Å². The van der Waals surface area contributed by atoms with E-state index in [1.54, 1.807) is 23.1 Å². The molecule has 1 fully saturated rings. The molecule has 0 saturated carbocycles. The van der Waals surface area contributed by atoms with Crippen LogP contribution in [0.1, 0.15) is 12.0 Å². The topological polar surface area (TPSA) is 79.9 Å². The Bertz CT molecular complexity index is 905. The van der Waals surface area contributed by atoms with Crippen molar-refractivity contribution in [1.82, 2.24) is 10.6 Å². The molecule has 0 unspecified atom stereocenters. The first-order chi connectivity index (χ1) is 13.6. The maximum atomic E-state index is 12.4. The minimum atomic E-state index is -0.332. The summed E-state index contributed by atoms with van der Waals surface area (Å²) in [6.07, 6.45) is 0.244. The van der Waals surface area contributed by atoms with Gasteiger partial charge in [-0.3, -0.25) is 4.79 Å². The zero-order chi connectivity index (χ0) is 19.5. The van der Waals surface area contributed by atoms with Crippen LogP contribution in [0, 0.1) is 0 Å². The number of hydrogen-bond acceptors (Lipinski definition) is 4. The van der Waals surface area contributed by atoms with E-state index in [4.69, 9.17) is 21.1 Å². The Morgan fingerprint density at radius 1 is 1.14 bits per heavy atom. The maximum absolute atomic E-state index is 12.4. The van der Waals surface area contributed by atoms with E-state index in [1.807, 2.05) is 24.3 Å². The molecule has 1 saturated heterocycles. The summed E-state index contributed by atoms with van der Waals surface area (Å²) in [5.74, 6) is 1.26. The van der Waals surface area contributed by atoms with Gasteiger partial charge in [-0.1, -0.05) is 29.8 Å². The quantitative estimate of drug-likeness (QED) is 0.825. The van der Waals surface area contributed by atoms with Crippen molar-refractivity contribution in [3.63, 3.8) is 0 Å². The number of hydrogen-bond donors (Lipinski definition) is 2. The van der Waals surface area contributed by atoms with Gasteiger partial charge in [-0.05, 0) is 23.8 Å². The fourth-order valence-electron chi connectivity index (χ4n) is 3.31. The van der Waals surface area contributed by atoms with Gasteiger partial charge in [0.2, 0.25) is 5.91 Å². The number of anilines is 1. The summed E-state index contributed by atoms with van der Waals surface area (Å²) in [5, 5.41) is 6.23. The lowest BCUT2D eigenvalue weighted by Crippen LogP contribution is -2.43. The fraction of sp³-hybridized carbons (Fsp3) is 0.300. The molecule has 2 aliphatic heterocycles. The van der Waals surface area contributed by atoms with Crippen LogP contribution in [0.15, 0.2) is 42.5 Å². The van der Waals surface area contributed by atoms with E-state index in [1.165, 1.54) is 0 Å². The van der Waals surface area contributed by atoms with Crippen molar-refractivity contribution in [2.75, 3.05) is 24.7 Å². The lowest BCUT2D eigenvalue weighted by atomic mass is 10.2. The minimum absolute atomic E-state index is 0.0481. The molecule has 0 spiro atoms. The van der Waals surface area contributed by atoms with E-state index in [0.29, 0.717) is 42.8 Å². The third-order valence-corrected chi connectivity index (χ3v) is 5.06. The Morgan fingerprint density at radius 3 is 2.75 bits per heavy atom. The molecule has 4 rings (SSSR count). The van der Waals surface area contributed by atoms with E-state index in [0.717, 1.165) is 11.3 Å². The summed E-state index contributed by atoms with van der Waals surface area (Å²) in [4.78, 5) is 26.3. The Balaban J connectivity index is 1.34. The number of benzene rings is 2. The number of urea groups is 1. The molecule has 2 heterocycles. The average molecular weight is 402 g/mol. The van der Waals surface area contributed by atoms with Crippen molar-refractivity contribution >= 4 is 29.2 Å². The van der Waals surface area contributed by atoms with Crippen LogP contribution in [0.3, 0.4) is 0 Å². The predicted molar refractivity (Wildman–Crippen MR) is 105 cm³/mol. The molecule has 2 N–H and O–H groups in total. The van der Waals surface area contributed by atoms with Crippen molar-refractivity contribution in [3.8, 4) is 11.5 Å². The van der Waals surface area contributed by atoms with Gasteiger partial charge in [0.05, 0.1) is 6.04 Å². The van der Waals surface area contributed by atoms with Gasteiger partial charge in [-0.25, -0.2) is 4.79 Å². The van der Waals surface area contributed by atoms with E-state index >= 15 is 0 Å². The summed E-state index contributed by atoms with van der Waals surface area (Å²) in [6.45, 7) is 1.72. The minimum Gasteiger partial charge on any atom is -0.486 e. The largest absolute Gasteiger partial charge is 0.486 e. The van der Waals surface area contributed by atoms with Crippen molar-refractivity contribution in [1.29, 1.82) is 0 Å². The van der Waals surface area contributed by atoms with E-state index in [9.17, 15) is 9.59 Å². The van der Waals surface area contributed by atoms with Gasteiger partial charge in [0.25, 0.3) is 0 Å². The highest BCUT2D eigenvalue weighted by atomic mass is 35.5. The van der Waals surface area contributed by atoms with Gasteiger partial charge >= 0.3 is 6.03 Å². The van der Waals surface area contributed by atoms with E-state index in [-0.39, 0.29) is 24.4 Å². The summed E-state index contributed by atoms with van der Waals surface area (Å²) in [6, 6.07) is 12.1. The molecule has 2 aromatic carbocycles. The van der Waals surface area contributed by atoms with Gasteiger partial charge in [-0.2, -0.15) is 0 Å². The number of fused-ring (bicyclic) bond motifs is 1. The van der Waals surface area contributed by atoms with E-state index in [2.05, 4.69) is 10.6 Å². The van der Waals surface area contributed by atoms with Crippen molar-refractivity contribution < 1.29 is 19.1 Å². The molecular weight excluding hydrogens is 382 g/mol. The summed E-state index contributed by atoms with van der Waals surface area (Å²) >= 11 is 6.09. The Hall–Kier alpha value is -2.93. The molecule has 2 aromatic rings. The number of halogens is 1. The van der Waals surface area contributed by atoms with Gasteiger partial charge in [0, 0.05) is 36.3 Å². The molecular formula is C20H20ClN3O4. The second kappa shape index (κ2) is 7.98. The molecule has 3 amide bonds. The number of carbonyl (C=O) groups excluding carboxylic acids is 2. The summed E-state index contributed by atoms with van der Waals surface area (Å²) in [7, 11) is 0. The highest BCUT2D eigenvalue weighted by Crippen LogP contribution is 2.35. The number of ether oxygens (including phenoxy) is 2. The standard InChI is InChI=1S/C20H20ClN3O4/c21-16-4-2-1-3-13(16)11-22-20(26)23-14-9-19(25)24(12-14)15-5-6-17-18(10-15)28-8-7-27-17/h1-6,10,14H,7-9,11-12H2,(H2,22,23,26)/t14-/m0/s1. The van der Waals surface area contributed by atoms with Gasteiger partial charge < -0.3 is 25.0 Å². The fourth-order valence-corrected chi connectivity index (χ4v) is 3.51. The molecule has 0 radical (unpaired) electrons. The molecule has 0 bridgehead atoms. The number of rotatable bonds is 4. The van der Waals surface area contributed by atoms with Crippen molar-refractivity contribution in [3.05, 3.63) is 53.1 Å². The molecule has 2 aliphatic rings. The Morgan fingerprint density at radius 2 is 1.93 bits per heavy atom. The second-order valence-corrected chi connectivity index (χ2v) is 7.06. The van der Waals surface area contributed by atoms with Crippen LogP contribution < -0.4 is 25.0 Å². The molecule has 0 aromatic heterocycles. The Labute approximate surface area is 167 Å². The zero-order valence-electron chi connectivity index (χ0n) is 15.1. The number of nitrogens with one attached hydrogen (secondary N) is 2. The monoisotopic (exact) mass is 401 g/mol. The van der Waals surface area contributed by atoms with Crippen molar-refractivity contribution in [2.45, 2.75) is 19.0 Å². The Kier molecular flexibility index (Phi) is 5.25. The molecule has 28 heavy (non-hydrogen) atoms. The number of carbonyl (C=O) groups is 2. The van der Waals surface area contributed by atoms with Gasteiger partial charge in [0.15, 0.2) is 11.5 Å². The lowest BCUT2D eigenvalue weighted by molar-refractivity contribution is -0.117. The molecule has 0 aliphatic carbocycles. The first-order valence-electron chi connectivity index (χ1n) is 9.08. The summed E-state index contributed by atoms with van der Waals surface area (Å²) in [5.41, 5.74) is 1.56. The van der Waals surface area contributed by atoms with Crippen molar-refractivity contribution in [2.24, 2.45) is 0 Å². The van der Waals surface area contributed by atoms with Crippen LogP contribution in [0.4, 0.5) is 10.5 Å². The van der Waals surface area contributed by atoms with Crippen LogP contribution in [-0.4, -0.2) is 37.7 Å². The molecule has 146 valence electrons. The highest BCUT2D eigenvalue weighted by Gasteiger charge is 2.32. The lowest BCUT2D eigenvalue weighted by Gasteiger charge is -2.22. The summed E-state index contributed by atoms with van der Waals surface area (Å²) < 4.78 is 11.1. The van der Waals surface area contributed by atoms with Gasteiger partial charge in [0.1, 0.15) is 13.2 Å². The maximum Gasteiger partial charge on any atom is 0.315 e. The van der Waals surface area contributed by atoms with E-state index < -0.39 is 0 Å². The third-order valence-electron chi connectivity index (χ3n) is 4.69. The molecule has 7 nitrogen and oxygen atoms in total. The average Bonchev–Trinajstić information content (AvgIpc) is 3.07. The number of nitrogens with zero attached hydrogens (tertiary/aromatic N) is 1. The smallest absolute Gasteiger partial charge is 0.315 e. The van der Waals surface area contributed by atoms with Crippen LogP contribution >= 0.6 is 11.6 Å². The third kappa shape index (κ3) is 3.99. The highest BCUT2D eigenvalue weighted by molar-refractivity contribution is 6.31. The molecule has 1 atom stereocenters. The first kappa shape index (κ1) is 18.4.